The lowest BCUT2D eigenvalue weighted by Crippen LogP contribution is -2.23. The van der Waals surface area contributed by atoms with E-state index in [9.17, 15) is 8.78 Å². The number of ether oxygens (including phenoxy) is 1. The molecular weight excluding hydrogens is 432 g/mol. The second-order valence-electron chi connectivity index (χ2n) is 8.87. The number of aromatic nitrogens is 2. The Morgan fingerprint density at radius 3 is 2.31 bits per heavy atom. The summed E-state index contributed by atoms with van der Waals surface area (Å²) in [5.41, 5.74) is 2.19. The molecule has 166 valence electrons. The maximum Gasteiger partial charge on any atom is 0.233 e. The number of fused-ring (bicyclic) bond motifs is 1. The third kappa shape index (κ3) is 4.76. The van der Waals surface area contributed by atoms with E-state index < -0.39 is 0 Å². The van der Waals surface area contributed by atoms with Gasteiger partial charge in [-0.25, -0.2) is 8.78 Å². The van der Waals surface area contributed by atoms with E-state index in [-0.39, 0.29) is 11.6 Å². The van der Waals surface area contributed by atoms with Gasteiger partial charge in [-0.3, -0.25) is 4.90 Å². The molecule has 0 spiro atoms. The maximum atomic E-state index is 13.5. The predicted octanol–water partition coefficient (Wildman–Crippen LogP) is 5.61. The number of halogens is 3. The molecule has 2 aliphatic rings. The number of nitrogens with zero attached hydrogens (tertiary/aromatic N) is 3. The van der Waals surface area contributed by atoms with Gasteiger partial charge in [0.15, 0.2) is 0 Å². The Hall–Kier alpha value is -2.57. The van der Waals surface area contributed by atoms with E-state index in [1.807, 2.05) is 12.1 Å². The van der Waals surface area contributed by atoms with Gasteiger partial charge >= 0.3 is 0 Å². The summed E-state index contributed by atoms with van der Waals surface area (Å²) in [5.74, 6) is 1.80. The highest BCUT2D eigenvalue weighted by Crippen LogP contribution is 2.42. The van der Waals surface area contributed by atoms with Crippen molar-refractivity contribution in [1.82, 2.24) is 15.1 Å². The molecule has 1 aromatic heterocycles. The Morgan fingerprint density at radius 2 is 1.62 bits per heavy atom. The fraction of sp³-hybridized carbons (Fsp3) is 0.360. The molecule has 7 heteroatoms. The quantitative estimate of drug-likeness (QED) is 0.484. The summed E-state index contributed by atoms with van der Waals surface area (Å²) in [7, 11) is 0. The first kappa shape index (κ1) is 21.3. The SMILES string of the molecule is Fc1ccc(CN2C[C@H]3CC(COc4ccc(-c5cc(F)ccc5Cl)nn4)C[C@H]3C2)cc1. The molecular formula is C25H24ClF2N3O. The first-order chi connectivity index (χ1) is 15.5. The number of benzene rings is 2. The lowest BCUT2D eigenvalue weighted by atomic mass is 10.0. The highest BCUT2D eigenvalue weighted by atomic mass is 35.5. The molecule has 32 heavy (non-hydrogen) atoms. The van der Waals surface area contributed by atoms with Gasteiger partial charge in [-0.05, 0) is 72.6 Å². The van der Waals surface area contributed by atoms with Gasteiger partial charge < -0.3 is 4.74 Å². The highest BCUT2D eigenvalue weighted by Gasteiger charge is 2.40. The molecule has 0 amide bonds. The van der Waals surface area contributed by atoms with Crippen LogP contribution in [0.4, 0.5) is 8.78 Å². The standard InChI is InChI=1S/C25H24ClF2N3O/c26-23-6-5-21(28)11-22(23)24-7-8-25(30-29-24)32-15-17-9-18-13-31(14-19(18)10-17)12-16-1-3-20(27)4-2-16/h1-8,11,17-19H,9-10,12-15H2/t17?,18-,19+. The fourth-order valence-electron chi connectivity index (χ4n) is 5.07. The van der Waals surface area contributed by atoms with Crippen molar-refractivity contribution in [3.8, 4) is 17.1 Å². The van der Waals surface area contributed by atoms with E-state index in [4.69, 9.17) is 16.3 Å². The van der Waals surface area contributed by atoms with Gasteiger partial charge in [-0.15, -0.1) is 10.2 Å². The van der Waals surface area contributed by atoms with Crippen molar-refractivity contribution in [1.29, 1.82) is 0 Å². The zero-order valence-electron chi connectivity index (χ0n) is 17.6. The predicted molar refractivity (Wildman–Crippen MR) is 119 cm³/mol. The molecule has 1 aliphatic carbocycles. The molecule has 1 unspecified atom stereocenters. The average molecular weight is 456 g/mol. The van der Waals surface area contributed by atoms with Gasteiger partial charge in [0.25, 0.3) is 0 Å². The molecule has 5 rings (SSSR count). The van der Waals surface area contributed by atoms with Crippen LogP contribution in [-0.4, -0.2) is 34.8 Å². The van der Waals surface area contributed by atoms with Crippen molar-refractivity contribution in [2.75, 3.05) is 19.7 Å². The van der Waals surface area contributed by atoms with Crippen molar-refractivity contribution in [3.63, 3.8) is 0 Å². The van der Waals surface area contributed by atoms with E-state index in [1.165, 1.54) is 30.3 Å². The van der Waals surface area contributed by atoms with Crippen LogP contribution in [0.3, 0.4) is 0 Å². The summed E-state index contributed by atoms with van der Waals surface area (Å²) in [4.78, 5) is 2.47. The normalized spacial score (nSPS) is 22.8. The molecule has 1 aliphatic heterocycles. The monoisotopic (exact) mass is 455 g/mol. The molecule has 0 radical (unpaired) electrons. The second kappa shape index (κ2) is 9.12. The fourth-order valence-corrected chi connectivity index (χ4v) is 5.29. The van der Waals surface area contributed by atoms with Crippen molar-refractivity contribution in [2.24, 2.45) is 17.8 Å². The van der Waals surface area contributed by atoms with E-state index in [2.05, 4.69) is 15.1 Å². The zero-order valence-corrected chi connectivity index (χ0v) is 18.3. The average Bonchev–Trinajstić information content (AvgIpc) is 3.34. The summed E-state index contributed by atoms with van der Waals surface area (Å²) in [6, 6.07) is 14.5. The molecule has 1 saturated heterocycles. The van der Waals surface area contributed by atoms with Crippen molar-refractivity contribution < 1.29 is 13.5 Å². The van der Waals surface area contributed by atoms with E-state index in [0.29, 0.717) is 46.5 Å². The topological polar surface area (TPSA) is 38.2 Å². The van der Waals surface area contributed by atoms with Gasteiger partial charge in [0.05, 0.1) is 17.3 Å². The Morgan fingerprint density at radius 1 is 0.906 bits per heavy atom. The lowest BCUT2D eigenvalue weighted by Gasteiger charge is -2.19. The van der Waals surface area contributed by atoms with Crippen LogP contribution in [0.5, 0.6) is 5.88 Å². The van der Waals surface area contributed by atoms with Crippen LogP contribution >= 0.6 is 11.6 Å². The van der Waals surface area contributed by atoms with Gasteiger partial charge in [-0.1, -0.05) is 23.7 Å². The summed E-state index contributed by atoms with van der Waals surface area (Å²) in [6.07, 6.45) is 2.30. The molecule has 2 heterocycles. The lowest BCUT2D eigenvalue weighted by molar-refractivity contribution is 0.219. The van der Waals surface area contributed by atoms with Gasteiger partial charge in [0, 0.05) is 31.3 Å². The number of hydrogen-bond donors (Lipinski definition) is 0. The minimum Gasteiger partial charge on any atom is -0.476 e. The molecule has 0 N–H and O–H groups in total. The molecule has 3 atom stereocenters. The minimum absolute atomic E-state index is 0.188. The third-order valence-electron chi connectivity index (χ3n) is 6.56. The second-order valence-corrected chi connectivity index (χ2v) is 9.28. The van der Waals surface area contributed by atoms with E-state index in [0.717, 1.165) is 38.0 Å². The number of likely N-dealkylation sites (tertiary alicyclic amines) is 1. The Bertz CT molecular complexity index is 1060. The molecule has 2 aromatic carbocycles. The summed E-state index contributed by atoms with van der Waals surface area (Å²) in [5, 5.41) is 8.72. The Labute approximate surface area is 191 Å². The van der Waals surface area contributed by atoms with Gasteiger partial charge in [0.2, 0.25) is 5.88 Å². The smallest absolute Gasteiger partial charge is 0.233 e. The Balaban J connectivity index is 1.11. The number of hydrogen-bond acceptors (Lipinski definition) is 4. The van der Waals surface area contributed by atoms with Crippen LogP contribution in [-0.2, 0) is 6.54 Å². The maximum absolute atomic E-state index is 13.5. The first-order valence-corrected chi connectivity index (χ1v) is 11.3. The van der Waals surface area contributed by atoms with Crippen LogP contribution in [0.2, 0.25) is 5.02 Å². The van der Waals surface area contributed by atoms with Crippen molar-refractivity contribution in [3.05, 3.63) is 76.8 Å². The van der Waals surface area contributed by atoms with Crippen LogP contribution in [0, 0.1) is 29.4 Å². The molecule has 0 bridgehead atoms. The number of rotatable bonds is 6. The summed E-state index contributed by atoms with van der Waals surface area (Å²) >= 11 is 6.14. The van der Waals surface area contributed by atoms with Crippen LogP contribution < -0.4 is 4.74 Å². The molecule has 4 nitrogen and oxygen atoms in total. The molecule has 1 saturated carbocycles. The van der Waals surface area contributed by atoms with Crippen molar-refractivity contribution in [2.45, 2.75) is 19.4 Å². The molecule has 3 aromatic rings. The zero-order chi connectivity index (χ0) is 22.1. The minimum atomic E-state index is -0.366. The van der Waals surface area contributed by atoms with Gasteiger partial charge in [-0.2, -0.15) is 0 Å². The van der Waals surface area contributed by atoms with Gasteiger partial charge in [0.1, 0.15) is 11.6 Å². The first-order valence-electron chi connectivity index (χ1n) is 10.9. The summed E-state index contributed by atoms with van der Waals surface area (Å²) < 4.78 is 32.5. The Kier molecular flexibility index (Phi) is 6.07. The van der Waals surface area contributed by atoms with Crippen LogP contribution in [0.15, 0.2) is 54.6 Å². The van der Waals surface area contributed by atoms with E-state index in [1.54, 1.807) is 12.1 Å². The largest absolute Gasteiger partial charge is 0.476 e. The van der Waals surface area contributed by atoms with Crippen LogP contribution in [0.1, 0.15) is 18.4 Å². The summed E-state index contributed by atoms with van der Waals surface area (Å²) in [6.45, 7) is 3.67. The van der Waals surface area contributed by atoms with Crippen molar-refractivity contribution >= 4 is 11.6 Å². The van der Waals surface area contributed by atoms with E-state index >= 15 is 0 Å². The third-order valence-corrected chi connectivity index (χ3v) is 6.88. The molecule has 2 fully saturated rings. The van der Waals surface area contributed by atoms with Crippen LogP contribution in [0.25, 0.3) is 11.3 Å². The highest BCUT2D eigenvalue weighted by molar-refractivity contribution is 6.33.